The van der Waals surface area contributed by atoms with E-state index in [-0.39, 0.29) is 13.0 Å². The Labute approximate surface area is 162 Å². The van der Waals surface area contributed by atoms with Crippen LogP contribution in [0.1, 0.15) is 11.1 Å². The van der Waals surface area contributed by atoms with Crippen molar-refractivity contribution < 1.29 is 23.9 Å². The number of methoxy groups -OCH3 is 1. The zero-order valence-electron chi connectivity index (χ0n) is 15.4. The van der Waals surface area contributed by atoms with E-state index in [1.54, 1.807) is 0 Å². The summed E-state index contributed by atoms with van der Waals surface area (Å²) in [7, 11) is 1.16. The average Bonchev–Trinajstić information content (AvgIpc) is 2.73. The maximum Gasteiger partial charge on any atom is 0.325 e. The van der Waals surface area contributed by atoms with E-state index >= 15 is 0 Å². The summed E-state index contributed by atoms with van der Waals surface area (Å²) in [6.45, 7) is -0.453. The molecule has 0 bridgehead atoms. The number of nitrogens with zero attached hydrogens (tertiary/aromatic N) is 2. The van der Waals surface area contributed by atoms with Crippen LogP contribution in [0.4, 0.5) is 0 Å². The molecule has 28 heavy (non-hydrogen) atoms. The SMILES string of the molecule is COC(=O)CN1C(=O)C(=O)N(Cc2ccccc2)[C@@H](Cc2ccccc2)C1=O. The Kier molecular flexibility index (Phi) is 5.84. The molecule has 0 N–H and O–H groups in total. The monoisotopic (exact) mass is 380 g/mol. The molecule has 7 nitrogen and oxygen atoms in total. The van der Waals surface area contributed by atoms with Gasteiger partial charge in [0.2, 0.25) is 0 Å². The Morgan fingerprint density at radius 2 is 1.46 bits per heavy atom. The van der Waals surface area contributed by atoms with Crippen LogP contribution < -0.4 is 0 Å². The molecule has 0 unspecified atom stereocenters. The van der Waals surface area contributed by atoms with E-state index in [4.69, 9.17) is 0 Å². The largest absolute Gasteiger partial charge is 0.468 e. The predicted molar refractivity (Wildman–Crippen MR) is 99.7 cm³/mol. The lowest BCUT2D eigenvalue weighted by molar-refractivity contribution is -0.170. The Hall–Kier alpha value is -3.48. The first-order valence-corrected chi connectivity index (χ1v) is 8.82. The quantitative estimate of drug-likeness (QED) is 0.427. The molecule has 144 valence electrons. The summed E-state index contributed by atoms with van der Waals surface area (Å²) in [5.41, 5.74) is 1.65. The van der Waals surface area contributed by atoms with Crippen molar-refractivity contribution in [2.24, 2.45) is 0 Å². The van der Waals surface area contributed by atoms with Crippen molar-refractivity contribution in [2.75, 3.05) is 13.7 Å². The molecule has 1 fully saturated rings. The lowest BCUT2D eigenvalue weighted by Gasteiger charge is -2.38. The third-order valence-corrected chi connectivity index (χ3v) is 4.60. The summed E-state index contributed by atoms with van der Waals surface area (Å²) in [5, 5.41) is 0. The summed E-state index contributed by atoms with van der Waals surface area (Å²) in [5.74, 6) is -3.18. The molecule has 2 aromatic rings. The molecule has 0 aliphatic carbocycles. The van der Waals surface area contributed by atoms with Crippen molar-refractivity contribution >= 4 is 23.7 Å². The first-order chi connectivity index (χ1) is 13.5. The van der Waals surface area contributed by atoms with Crippen LogP contribution in [-0.2, 0) is 36.9 Å². The first kappa shape index (κ1) is 19.3. The van der Waals surface area contributed by atoms with Gasteiger partial charge in [-0.3, -0.25) is 24.1 Å². The Morgan fingerprint density at radius 1 is 0.893 bits per heavy atom. The van der Waals surface area contributed by atoms with Crippen molar-refractivity contribution in [3.05, 3.63) is 71.8 Å². The predicted octanol–water partition coefficient (Wildman–Crippen LogP) is 1.17. The topological polar surface area (TPSA) is 84.0 Å². The molecule has 1 aliphatic rings. The third-order valence-electron chi connectivity index (χ3n) is 4.60. The highest BCUT2D eigenvalue weighted by atomic mass is 16.5. The van der Waals surface area contributed by atoms with E-state index in [9.17, 15) is 19.2 Å². The van der Waals surface area contributed by atoms with Gasteiger partial charge in [0.25, 0.3) is 5.91 Å². The van der Waals surface area contributed by atoms with Gasteiger partial charge in [0.1, 0.15) is 12.6 Å². The minimum Gasteiger partial charge on any atom is -0.468 e. The number of ether oxygens (including phenoxy) is 1. The van der Waals surface area contributed by atoms with E-state index in [2.05, 4.69) is 4.74 Å². The van der Waals surface area contributed by atoms with E-state index in [0.29, 0.717) is 4.90 Å². The number of imide groups is 1. The van der Waals surface area contributed by atoms with Crippen molar-refractivity contribution in [1.29, 1.82) is 0 Å². The lowest BCUT2D eigenvalue weighted by Crippen LogP contribution is -2.63. The fourth-order valence-electron chi connectivity index (χ4n) is 3.13. The number of benzene rings is 2. The van der Waals surface area contributed by atoms with Gasteiger partial charge in [-0.2, -0.15) is 0 Å². The number of carbonyl (C=O) groups is 4. The summed E-state index contributed by atoms with van der Waals surface area (Å²) < 4.78 is 4.55. The second-order valence-electron chi connectivity index (χ2n) is 6.43. The van der Waals surface area contributed by atoms with Gasteiger partial charge in [-0.05, 0) is 11.1 Å². The minimum atomic E-state index is -1.02. The Bertz CT molecular complexity index is 882. The first-order valence-electron chi connectivity index (χ1n) is 8.82. The summed E-state index contributed by atoms with van der Waals surface area (Å²) in [6.07, 6.45) is 0.239. The van der Waals surface area contributed by atoms with Gasteiger partial charge < -0.3 is 9.64 Å². The number of carbonyl (C=O) groups excluding carboxylic acids is 4. The van der Waals surface area contributed by atoms with Crippen molar-refractivity contribution in [2.45, 2.75) is 19.0 Å². The van der Waals surface area contributed by atoms with Crippen molar-refractivity contribution in [3.63, 3.8) is 0 Å². The van der Waals surface area contributed by atoms with E-state index in [1.807, 2.05) is 60.7 Å². The minimum absolute atomic E-state index is 0.126. The van der Waals surface area contributed by atoms with Crippen molar-refractivity contribution in [1.82, 2.24) is 9.80 Å². The molecule has 1 saturated heterocycles. The Balaban J connectivity index is 1.93. The van der Waals surface area contributed by atoms with Crippen LogP contribution in [0.25, 0.3) is 0 Å². The molecule has 7 heteroatoms. The van der Waals surface area contributed by atoms with E-state index in [0.717, 1.165) is 18.2 Å². The number of piperazine rings is 1. The second kappa shape index (κ2) is 8.47. The van der Waals surface area contributed by atoms with Crippen LogP contribution in [0, 0.1) is 0 Å². The third kappa shape index (κ3) is 4.09. The molecule has 0 spiro atoms. The molecular weight excluding hydrogens is 360 g/mol. The van der Waals surface area contributed by atoms with Gasteiger partial charge in [-0.25, -0.2) is 0 Å². The molecule has 1 heterocycles. The van der Waals surface area contributed by atoms with Crippen LogP contribution in [0.5, 0.6) is 0 Å². The van der Waals surface area contributed by atoms with Gasteiger partial charge in [-0.1, -0.05) is 60.7 Å². The summed E-state index contributed by atoms with van der Waals surface area (Å²) in [4.78, 5) is 51.9. The zero-order valence-corrected chi connectivity index (χ0v) is 15.4. The van der Waals surface area contributed by atoms with Crippen LogP contribution >= 0.6 is 0 Å². The highest BCUT2D eigenvalue weighted by Crippen LogP contribution is 2.21. The Morgan fingerprint density at radius 3 is 2.04 bits per heavy atom. The molecule has 1 aliphatic heterocycles. The molecule has 2 aromatic carbocycles. The maximum absolute atomic E-state index is 13.0. The number of hydrogen-bond acceptors (Lipinski definition) is 5. The highest BCUT2D eigenvalue weighted by Gasteiger charge is 2.46. The fourth-order valence-corrected chi connectivity index (χ4v) is 3.13. The number of amides is 3. The van der Waals surface area contributed by atoms with Crippen LogP contribution in [0.3, 0.4) is 0 Å². The molecule has 0 saturated carbocycles. The average molecular weight is 380 g/mol. The lowest BCUT2D eigenvalue weighted by atomic mass is 9.99. The zero-order chi connectivity index (χ0) is 20.1. The van der Waals surface area contributed by atoms with Crippen LogP contribution in [0.2, 0.25) is 0 Å². The molecular formula is C21H20N2O5. The standard InChI is InChI=1S/C21H20N2O5/c1-28-18(24)14-23-19(25)17(12-15-8-4-2-5-9-15)22(20(26)21(23)27)13-16-10-6-3-7-11-16/h2-11,17H,12-14H2,1H3/t17-/m0/s1. The van der Waals surface area contributed by atoms with Gasteiger partial charge in [0, 0.05) is 13.0 Å². The van der Waals surface area contributed by atoms with E-state index < -0.39 is 36.3 Å². The molecule has 1 atom stereocenters. The van der Waals surface area contributed by atoms with Crippen molar-refractivity contribution in [3.8, 4) is 0 Å². The van der Waals surface area contributed by atoms with Gasteiger partial charge >= 0.3 is 17.8 Å². The summed E-state index contributed by atoms with van der Waals surface area (Å²) >= 11 is 0. The van der Waals surface area contributed by atoms with Gasteiger partial charge in [0.15, 0.2) is 0 Å². The molecule has 3 rings (SSSR count). The normalized spacial score (nSPS) is 17.0. The van der Waals surface area contributed by atoms with Crippen LogP contribution in [-0.4, -0.2) is 53.2 Å². The number of rotatable bonds is 6. The van der Waals surface area contributed by atoms with Gasteiger partial charge in [-0.15, -0.1) is 0 Å². The summed E-state index contributed by atoms with van der Waals surface area (Å²) in [6, 6.07) is 17.5. The molecule has 0 radical (unpaired) electrons. The van der Waals surface area contributed by atoms with E-state index in [1.165, 1.54) is 4.90 Å². The fraction of sp³-hybridized carbons (Fsp3) is 0.238. The molecule has 0 aromatic heterocycles. The smallest absolute Gasteiger partial charge is 0.325 e. The molecule has 3 amide bonds. The van der Waals surface area contributed by atoms with Gasteiger partial charge in [0.05, 0.1) is 7.11 Å². The highest BCUT2D eigenvalue weighted by molar-refractivity contribution is 6.40. The maximum atomic E-state index is 13.0. The van der Waals surface area contributed by atoms with Crippen LogP contribution in [0.15, 0.2) is 60.7 Å². The number of esters is 1. The second-order valence-corrected chi connectivity index (χ2v) is 6.43. The number of hydrogen-bond donors (Lipinski definition) is 0.